The van der Waals surface area contributed by atoms with Crippen LogP contribution in [0.3, 0.4) is 0 Å². The Kier molecular flexibility index (Phi) is 6.26. The summed E-state index contributed by atoms with van der Waals surface area (Å²) in [4.78, 5) is 13.0. The van der Waals surface area contributed by atoms with Gasteiger partial charge in [-0.15, -0.1) is 0 Å². The summed E-state index contributed by atoms with van der Waals surface area (Å²) in [6, 6.07) is 9.20. The zero-order valence-corrected chi connectivity index (χ0v) is 18.3. The number of ether oxygens (including phenoxy) is 4. The predicted molar refractivity (Wildman–Crippen MR) is 113 cm³/mol. The zero-order valence-electron chi connectivity index (χ0n) is 16.8. The summed E-state index contributed by atoms with van der Waals surface area (Å²) in [5.41, 5.74) is 1.43. The number of nitrogens with zero attached hydrogens (tertiary/aromatic N) is 1. The van der Waals surface area contributed by atoms with Crippen LogP contribution in [-0.2, 0) is 40.3 Å². The van der Waals surface area contributed by atoms with Gasteiger partial charge in [0.05, 0.1) is 19.3 Å². The summed E-state index contributed by atoms with van der Waals surface area (Å²) in [5, 5.41) is 13.8. The number of amides is 1. The van der Waals surface area contributed by atoms with E-state index in [0.29, 0.717) is 45.9 Å². The fourth-order valence-corrected chi connectivity index (χ4v) is 4.55. The van der Waals surface area contributed by atoms with Crippen LogP contribution < -0.4 is 14.8 Å². The first-order chi connectivity index (χ1) is 15.0. The second-order valence-electron chi connectivity index (χ2n) is 7.45. The van der Waals surface area contributed by atoms with Crippen molar-refractivity contribution in [2.75, 3.05) is 20.6 Å². The normalized spacial score (nSPS) is 15.0. The molecule has 0 atom stereocenters. The Labute approximate surface area is 189 Å². The van der Waals surface area contributed by atoms with E-state index in [0.717, 1.165) is 11.1 Å². The smallest absolute Gasteiger partial charge is 0.240 e. The Morgan fingerprint density at radius 3 is 1.90 bits per heavy atom. The van der Waals surface area contributed by atoms with Gasteiger partial charge in [0, 0.05) is 41.1 Å². The molecule has 4 rings (SSSR count). The molecule has 0 bridgehead atoms. The molecule has 7 nitrogen and oxygen atoms in total. The van der Waals surface area contributed by atoms with Crippen molar-refractivity contribution in [2.24, 2.45) is 5.41 Å². The number of nitriles is 1. The van der Waals surface area contributed by atoms with Gasteiger partial charge in [-0.25, -0.2) is 0 Å². The molecule has 1 amide bonds. The second-order valence-corrected chi connectivity index (χ2v) is 8.33. The van der Waals surface area contributed by atoms with Crippen molar-refractivity contribution in [2.45, 2.75) is 26.1 Å². The largest absolute Gasteiger partial charge is 0.467 e. The minimum Gasteiger partial charge on any atom is -0.467 e. The highest BCUT2D eigenvalue weighted by Crippen LogP contribution is 2.40. The van der Waals surface area contributed by atoms with Crippen LogP contribution in [0, 0.1) is 16.7 Å². The van der Waals surface area contributed by atoms with Crippen LogP contribution in [0.15, 0.2) is 24.3 Å². The molecule has 1 N–H and O–H groups in total. The van der Waals surface area contributed by atoms with Gasteiger partial charge in [-0.05, 0) is 35.4 Å². The first-order valence-electron chi connectivity index (χ1n) is 9.63. The molecule has 2 aromatic rings. The van der Waals surface area contributed by atoms with Gasteiger partial charge >= 0.3 is 0 Å². The summed E-state index contributed by atoms with van der Waals surface area (Å²) in [7, 11) is 1.50. The maximum Gasteiger partial charge on any atom is 0.240 e. The number of rotatable bonds is 5. The van der Waals surface area contributed by atoms with E-state index in [1.165, 1.54) is 7.05 Å². The lowest BCUT2D eigenvalue weighted by atomic mass is 9.76. The van der Waals surface area contributed by atoms with Crippen LogP contribution >= 0.6 is 23.2 Å². The zero-order chi connectivity index (χ0) is 22.0. The van der Waals surface area contributed by atoms with E-state index in [4.69, 9.17) is 42.1 Å². The number of nitrogens with one attached hydrogen (secondary N) is 1. The summed E-state index contributed by atoms with van der Waals surface area (Å²) >= 11 is 12.6. The monoisotopic (exact) mass is 462 g/mol. The van der Waals surface area contributed by atoms with Gasteiger partial charge in [-0.3, -0.25) is 4.79 Å². The molecule has 0 spiro atoms. The van der Waals surface area contributed by atoms with Gasteiger partial charge in [0.2, 0.25) is 5.91 Å². The number of carbonyl (C=O) groups excluding carboxylic acids is 1. The number of halogens is 2. The van der Waals surface area contributed by atoms with E-state index in [9.17, 15) is 10.1 Å². The predicted octanol–water partition coefficient (Wildman–Crippen LogP) is 3.77. The van der Waals surface area contributed by atoms with Crippen molar-refractivity contribution in [3.8, 4) is 17.6 Å². The highest BCUT2D eigenvalue weighted by atomic mass is 35.5. The third-order valence-electron chi connectivity index (χ3n) is 5.36. The third kappa shape index (κ3) is 4.30. The molecule has 0 unspecified atom stereocenters. The fraction of sp³-hybridized carbons (Fsp3) is 0.364. The summed E-state index contributed by atoms with van der Waals surface area (Å²) in [6.45, 7) is 0.879. The Morgan fingerprint density at radius 1 is 1.00 bits per heavy atom. The lowest BCUT2D eigenvalue weighted by Gasteiger charge is -2.29. The summed E-state index contributed by atoms with van der Waals surface area (Å²) in [5.74, 6) is 0.769. The van der Waals surface area contributed by atoms with Gasteiger partial charge in [0.15, 0.2) is 13.6 Å². The Hall–Kier alpha value is -2.50. The molecule has 2 heterocycles. The SMILES string of the molecule is CNC(=O)C(C#N)(Cc1cc(Cl)cc2c1OCOC2)Cc1cc(Cl)cc2c1OCOC2. The lowest BCUT2D eigenvalue weighted by Crippen LogP contribution is -2.42. The van der Waals surface area contributed by atoms with Crippen molar-refractivity contribution in [1.29, 1.82) is 5.26 Å². The maximum absolute atomic E-state index is 13.0. The fourth-order valence-electron chi connectivity index (χ4n) is 4.02. The van der Waals surface area contributed by atoms with Crippen LogP contribution in [-0.4, -0.2) is 26.5 Å². The van der Waals surface area contributed by atoms with Gasteiger partial charge < -0.3 is 24.3 Å². The van der Waals surface area contributed by atoms with Crippen LogP contribution in [0.1, 0.15) is 22.3 Å². The van der Waals surface area contributed by atoms with Crippen LogP contribution in [0.2, 0.25) is 10.0 Å². The van der Waals surface area contributed by atoms with Crippen molar-refractivity contribution in [1.82, 2.24) is 5.32 Å². The van der Waals surface area contributed by atoms with E-state index >= 15 is 0 Å². The summed E-state index contributed by atoms with van der Waals surface area (Å²) < 4.78 is 22.0. The first kappa shape index (κ1) is 21.7. The van der Waals surface area contributed by atoms with Gasteiger partial charge in [0.25, 0.3) is 0 Å². The first-order valence-corrected chi connectivity index (χ1v) is 10.4. The molecule has 9 heteroatoms. The molecule has 162 valence electrons. The molecule has 0 fully saturated rings. The average Bonchev–Trinajstić information content (AvgIpc) is 2.77. The maximum atomic E-state index is 13.0. The highest BCUT2D eigenvalue weighted by molar-refractivity contribution is 6.31. The Bertz CT molecular complexity index is 999. The van der Waals surface area contributed by atoms with E-state index in [-0.39, 0.29) is 26.4 Å². The molecule has 2 aliphatic rings. The minimum atomic E-state index is -1.45. The molecule has 2 aliphatic heterocycles. The van der Waals surface area contributed by atoms with Gasteiger partial charge in [-0.1, -0.05) is 23.2 Å². The van der Waals surface area contributed by atoms with E-state index < -0.39 is 11.3 Å². The standard InChI is InChI=1S/C22H20Cl2N2O5/c1-26-21(27)22(10-25,6-13-2-17(23)4-15-8-28-11-30-19(13)15)7-14-3-18(24)5-16-9-29-12-31-20(14)16/h2-5H,6-9,11-12H2,1H3,(H,26,27). The molecule has 0 radical (unpaired) electrons. The minimum absolute atomic E-state index is 0.0872. The van der Waals surface area contributed by atoms with Crippen molar-refractivity contribution in [3.63, 3.8) is 0 Å². The van der Waals surface area contributed by atoms with Crippen molar-refractivity contribution >= 4 is 29.1 Å². The molecular weight excluding hydrogens is 443 g/mol. The van der Waals surface area contributed by atoms with E-state index in [1.54, 1.807) is 24.3 Å². The van der Waals surface area contributed by atoms with Gasteiger partial charge in [-0.2, -0.15) is 5.26 Å². The molecular formula is C22H20Cl2N2O5. The van der Waals surface area contributed by atoms with E-state index in [1.807, 2.05) is 0 Å². The molecule has 31 heavy (non-hydrogen) atoms. The van der Waals surface area contributed by atoms with Crippen molar-refractivity contribution in [3.05, 3.63) is 56.6 Å². The average molecular weight is 463 g/mol. The Morgan fingerprint density at radius 2 is 1.48 bits per heavy atom. The number of hydrogen-bond donors (Lipinski definition) is 1. The number of benzene rings is 2. The quantitative estimate of drug-likeness (QED) is 0.727. The number of carbonyl (C=O) groups is 1. The lowest BCUT2D eigenvalue weighted by molar-refractivity contribution is -0.127. The van der Waals surface area contributed by atoms with Crippen LogP contribution in [0.4, 0.5) is 0 Å². The molecule has 0 saturated heterocycles. The van der Waals surface area contributed by atoms with Crippen LogP contribution in [0.5, 0.6) is 11.5 Å². The van der Waals surface area contributed by atoms with E-state index in [2.05, 4.69) is 11.4 Å². The molecule has 0 aromatic heterocycles. The second kappa shape index (κ2) is 8.93. The Balaban J connectivity index is 1.78. The summed E-state index contributed by atoms with van der Waals surface area (Å²) in [6.07, 6.45) is 0.174. The molecule has 2 aromatic carbocycles. The third-order valence-corrected chi connectivity index (χ3v) is 5.80. The number of hydrogen-bond acceptors (Lipinski definition) is 6. The van der Waals surface area contributed by atoms with Gasteiger partial charge in [0.1, 0.15) is 16.9 Å². The van der Waals surface area contributed by atoms with Crippen molar-refractivity contribution < 1.29 is 23.7 Å². The number of fused-ring (bicyclic) bond motifs is 2. The molecule has 0 aliphatic carbocycles. The van der Waals surface area contributed by atoms with Crippen LogP contribution in [0.25, 0.3) is 0 Å². The topological polar surface area (TPSA) is 89.8 Å². The molecule has 0 saturated carbocycles. The highest BCUT2D eigenvalue weighted by Gasteiger charge is 2.41.